The van der Waals surface area contributed by atoms with Crippen LogP contribution in [0.5, 0.6) is 5.75 Å². The molecule has 2 aromatic carbocycles. The first-order valence-electron chi connectivity index (χ1n) is 6.74. The van der Waals surface area contributed by atoms with Gasteiger partial charge in [-0.25, -0.2) is 8.42 Å². The summed E-state index contributed by atoms with van der Waals surface area (Å²) in [6, 6.07) is 12.6. The maximum absolute atomic E-state index is 12.9. The van der Waals surface area contributed by atoms with Crippen LogP contribution in [0.3, 0.4) is 0 Å². The Morgan fingerprint density at radius 1 is 1.19 bits per heavy atom. The lowest BCUT2D eigenvalue weighted by Crippen LogP contribution is -2.23. The maximum atomic E-state index is 12.9. The van der Waals surface area contributed by atoms with E-state index in [0.29, 0.717) is 11.4 Å². The van der Waals surface area contributed by atoms with E-state index in [0.717, 1.165) is 22.4 Å². The molecule has 1 N–H and O–H groups in total. The largest absolute Gasteiger partial charge is 0.497 e. The quantitative estimate of drug-likeness (QED) is 0.947. The van der Waals surface area contributed by atoms with E-state index in [9.17, 15) is 8.42 Å². The summed E-state index contributed by atoms with van der Waals surface area (Å²) in [6.07, 6.45) is 0. The number of aryl methyl sites for hydroxylation is 1. The van der Waals surface area contributed by atoms with E-state index in [4.69, 9.17) is 4.74 Å². The zero-order valence-corrected chi connectivity index (χ0v) is 12.8. The molecule has 3 rings (SSSR count). The van der Waals surface area contributed by atoms with Crippen molar-refractivity contribution in [3.8, 4) is 5.75 Å². The molecule has 0 spiro atoms. The Balaban J connectivity index is 2.06. The van der Waals surface area contributed by atoms with Crippen LogP contribution in [0, 0.1) is 6.92 Å². The topological polar surface area (TPSA) is 55.4 Å². The molecule has 0 radical (unpaired) electrons. The minimum absolute atomic E-state index is 0.381. The summed E-state index contributed by atoms with van der Waals surface area (Å²) in [5, 5.41) is 2.40. The third-order valence-electron chi connectivity index (χ3n) is 3.82. The highest BCUT2D eigenvalue weighted by Gasteiger charge is 2.35. The molecular formula is C16H17NO3S. The van der Waals surface area contributed by atoms with Crippen molar-refractivity contribution in [1.82, 2.24) is 5.32 Å². The Kier molecular flexibility index (Phi) is 3.47. The van der Waals surface area contributed by atoms with Gasteiger partial charge in [0.2, 0.25) is 0 Å². The fourth-order valence-corrected chi connectivity index (χ4v) is 4.62. The maximum Gasteiger partial charge on any atom is 0.198 e. The zero-order valence-electron chi connectivity index (χ0n) is 12.0. The summed E-state index contributed by atoms with van der Waals surface area (Å²) >= 11 is 0. The number of sulfone groups is 1. The number of methoxy groups -OCH3 is 1. The van der Waals surface area contributed by atoms with Crippen molar-refractivity contribution in [3.05, 3.63) is 59.2 Å². The molecule has 1 aliphatic heterocycles. The first kappa shape index (κ1) is 14.1. The van der Waals surface area contributed by atoms with Crippen molar-refractivity contribution < 1.29 is 13.2 Å². The van der Waals surface area contributed by atoms with Gasteiger partial charge in [-0.05, 0) is 41.8 Å². The van der Waals surface area contributed by atoms with Crippen LogP contribution in [0.2, 0.25) is 0 Å². The first-order chi connectivity index (χ1) is 10.0. The normalized spacial score (nSPS) is 17.5. The van der Waals surface area contributed by atoms with Gasteiger partial charge in [-0.2, -0.15) is 0 Å². The average molecular weight is 303 g/mol. The summed E-state index contributed by atoms with van der Waals surface area (Å²) in [5.74, 6) is 0.740. The molecule has 1 unspecified atom stereocenters. The van der Waals surface area contributed by atoms with Crippen LogP contribution < -0.4 is 10.1 Å². The number of ether oxygens (including phenoxy) is 1. The van der Waals surface area contributed by atoms with Crippen LogP contribution in [0.1, 0.15) is 22.1 Å². The highest BCUT2D eigenvalue weighted by atomic mass is 32.2. The van der Waals surface area contributed by atoms with Crippen LogP contribution in [0.25, 0.3) is 0 Å². The Morgan fingerprint density at radius 3 is 2.67 bits per heavy atom. The summed E-state index contributed by atoms with van der Waals surface area (Å²) in [6.45, 7) is 2.35. The number of fused-ring (bicyclic) bond motifs is 1. The lowest BCUT2D eigenvalue weighted by atomic mass is 10.1. The molecular weight excluding hydrogens is 286 g/mol. The van der Waals surface area contributed by atoms with E-state index >= 15 is 0 Å². The Bertz CT molecular complexity index is 784. The second kappa shape index (κ2) is 5.16. The van der Waals surface area contributed by atoms with Crippen LogP contribution in [-0.2, 0) is 16.4 Å². The Hall–Kier alpha value is -1.85. The number of rotatable bonds is 3. The van der Waals surface area contributed by atoms with Crippen molar-refractivity contribution in [1.29, 1.82) is 0 Å². The number of benzene rings is 2. The van der Waals surface area contributed by atoms with Gasteiger partial charge in [0.05, 0.1) is 12.0 Å². The highest BCUT2D eigenvalue weighted by Crippen LogP contribution is 2.36. The second-order valence-corrected chi connectivity index (χ2v) is 7.14. The van der Waals surface area contributed by atoms with E-state index in [2.05, 4.69) is 5.32 Å². The molecule has 1 atom stereocenters. The molecule has 1 aliphatic rings. The number of nitrogens with one attached hydrogen (secondary N) is 1. The van der Waals surface area contributed by atoms with Crippen LogP contribution in [-0.4, -0.2) is 15.5 Å². The van der Waals surface area contributed by atoms with Crippen molar-refractivity contribution in [2.75, 3.05) is 7.11 Å². The van der Waals surface area contributed by atoms with Gasteiger partial charge < -0.3 is 4.74 Å². The van der Waals surface area contributed by atoms with E-state index in [1.807, 2.05) is 31.2 Å². The summed E-state index contributed by atoms with van der Waals surface area (Å²) < 4.78 is 30.9. The minimum Gasteiger partial charge on any atom is -0.497 e. The fraction of sp³-hybridized carbons (Fsp3) is 0.250. The first-order valence-corrected chi connectivity index (χ1v) is 8.28. The van der Waals surface area contributed by atoms with Gasteiger partial charge in [0, 0.05) is 6.54 Å². The molecule has 0 fully saturated rings. The van der Waals surface area contributed by atoms with Gasteiger partial charge in [-0.15, -0.1) is 0 Å². The molecule has 4 nitrogen and oxygen atoms in total. The van der Waals surface area contributed by atoms with E-state index in [1.54, 1.807) is 25.3 Å². The molecule has 0 saturated carbocycles. The molecule has 5 heteroatoms. The third-order valence-corrected chi connectivity index (χ3v) is 5.93. The number of hydrogen-bond donors (Lipinski definition) is 1. The summed E-state index contributed by atoms with van der Waals surface area (Å²) in [7, 11) is -1.85. The summed E-state index contributed by atoms with van der Waals surface area (Å²) in [5.41, 5.74) is 2.54. The van der Waals surface area contributed by atoms with Gasteiger partial charge in [-0.3, -0.25) is 5.32 Å². The monoisotopic (exact) mass is 303 g/mol. The molecule has 2 aromatic rings. The molecule has 0 amide bonds. The van der Waals surface area contributed by atoms with Crippen molar-refractivity contribution in [3.63, 3.8) is 0 Å². The average Bonchev–Trinajstić information content (AvgIpc) is 2.91. The van der Waals surface area contributed by atoms with Gasteiger partial charge in [-0.1, -0.05) is 24.3 Å². The standard InChI is InChI=1S/C16H17NO3S/c1-11-5-3-4-6-15(11)21(18,19)16-14-8-7-13(20-2)9-12(14)10-17-16/h3-9,16-17H,10H2,1-2H3. The smallest absolute Gasteiger partial charge is 0.198 e. The van der Waals surface area contributed by atoms with E-state index in [1.165, 1.54) is 0 Å². The predicted octanol–water partition coefficient (Wildman–Crippen LogP) is 2.58. The molecule has 0 aliphatic carbocycles. The number of hydrogen-bond acceptors (Lipinski definition) is 4. The molecule has 0 saturated heterocycles. The lowest BCUT2D eigenvalue weighted by molar-refractivity contribution is 0.414. The van der Waals surface area contributed by atoms with Crippen LogP contribution in [0.15, 0.2) is 47.4 Å². The lowest BCUT2D eigenvalue weighted by Gasteiger charge is -2.15. The highest BCUT2D eigenvalue weighted by molar-refractivity contribution is 7.91. The Labute approximate surface area is 124 Å². The SMILES string of the molecule is COc1ccc2c(c1)CNC2S(=O)(=O)c1ccccc1C. The van der Waals surface area contributed by atoms with Crippen molar-refractivity contribution in [2.45, 2.75) is 23.7 Å². The van der Waals surface area contributed by atoms with Crippen molar-refractivity contribution >= 4 is 9.84 Å². The minimum atomic E-state index is -3.45. The molecule has 0 aromatic heterocycles. The van der Waals surface area contributed by atoms with Crippen LogP contribution in [0.4, 0.5) is 0 Å². The van der Waals surface area contributed by atoms with E-state index in [-0.39, 0.29) is 0 Å². The van der Waals surface area contributed by atoms with Gasteiger partial charge in [0.25, 0.3) is 0 Å². The van der Waals surface area contributed by atoms with Gasteiger partial charge >= 0.3 is 0 Å². The third kappa shape index (κ3) is 2.32. The Morgan fingerprint density at radius 2 is 1.95 bits per heavy atom. The summed E-state index contributed by atoms with van der Waals surface area (Å²) in [4.78, 5) is 0.381. The van der Waals surface area contributed by atoms with Gasteiger partial charge in [0.1, 0.15) is 11.1 Å². The van der Waals surface area contributed by atoms with Crippen molar-refractivity contribution in [2.24, 2.45) is 0 Å². The molecule has 21 heavy (non-hydrogen) atoms. The van der Waals surface area contributed by atoms with Crippen LogP contribution >= 0.6 is 0 Å². The second-order valence-electron chi connectivity index (χ2n) is 5.14. The van der Waals surface area contributed by atoms with Gasteiger partial charge in [0.15, 0.2) is 9.84 Å². The molecule has 110 valence electrons. The zero-order chi connectivity index (χ0) is 15.0. The fourth-order valence-electron chi connectivity index (χ4n) is 2.71. The molecule has 1 heterocycles. The molecule has 0 bridgehead atoms. The van der Waals surface area contributed by atoms with E-state index < -0.39 is 15.2 Å². The predicted molar refractivity (Wildman–Crippen MR) is 80.9 cm³/mol.